The second-order valence-corrected chi connectivity index (χ2v) is 9.73. The van der Waals surface area contributed by atoms with Crippen LogP contribution in [-0.2, 0) is 17.8 Å². The lowest BCUT2D eigenvalue weighted by molar-refractivity contribution is -0.139. The van der Waals surface area contributed by atoms with E-state index in [4.69, 9.17) is 4.74 Å². The Hall–Kier alpha value is -3.58. The highest BCUT2D eigenvalue weighted by atomic mass is 79.9. The normalized spacial score (nSPS) is 16.1. The highest BCUT2D eigenvalue weighted by molar-refractivity contribution is 9.10. The molecule has 3 aromatic carbocycles. The summed E-state index contributed by atoms with van der Waals surface area (Å²) >= 11 is 3.48. The zero-order valence-corrected chi connectivity index (χ0v) is 21.0. The molecule has 4 aromatic rings. The smallest absolute Gasteiger partial charge is 0.270 e. The molecular formula is C28H26BrN3O3. The van der Waals surface area contributed by atoms with Crippen LogP contribution in [0.1, 0.15) is 21.6 Å². The molecule has 0 bridgehead atoms. The number of piperazine rings is 1. The fraction of sp³-hybridized carbons (Fsp3) is 0.214. The Morgan fingerprint density at radius 2 is 1.83 bits per heavy atom. The van der Waals surface area contributed by atoms with Crippen LogP contribution in [0, 0.1) is 0 Å². The Morgan fingerprint density at radius 1 is 1.03 bits per heavy atom. The Bertz CT molecular complexity index is 1370. The predicted octanol–water partition coefficient (Wildman–Crippen LogP) is 5.03. The Balaban J connectivity index is 1.41. The van der Waals surface area contributed by atoms with Crippen LogP contribution in [0.25, 0.3) is 10.9 Å². The quantitative estimate of drug-likeness (QED) is 0.379. The predicted molar refractivity (Wildman–Crippen MR) is 139 cm³/mol. The molecule has 2 amide bonds. The number of H-pyrrole nitrogens is 1. The zero-order chi connectivity index (χ0) is 24.4. The molecule has 0 aliphatic carbocycles. The second-order valence-electron chi connectivity index (χ2n) is 8.82. The van der Waals surface area contributed by atoms with Gasteiger partial charge in [-0.25, -0.2) is 0 Å². The van der Waals surface area contributed by atoms with Crippen LogP contribution in [0.5, 0.6) is 5.75 Å². The molecule has 0 unspecified atom stereocenters. The van der Waals surface area contributed by atoms with Crippen molar-refractivity contribution in [1.29, 1.82) is 0 Å². The number of nitrogens with one attached hydrogen (secondary N) is 1. The van der Waals surface area contributed by atoms with E-state index >= 15 is 0 Å². The molecule has 178 valence electrons. The van der Waals surface area contributed by atoms with E-state index in [1.54, 1.807) is 12.0 Å². The van der Waals surface area contributed by atoms with Gasteiger partial charge in [-0.1, -0.05) is 58.4 Å². The molecule has 1 atom stereocenters. The minimum Gasteiger partial charge on any atom is -0.497 e. The van der Waals surface area contributed by atoms with Gasteiger partial charge in [0.1, 0.15) is 18.0 Å². The first-order chi connectivity index (χ1) is 17.0. The highest BCUT2D eigenvalue weighted by Crippen LogP contribution is 2.24. The van der Waals surface area contributed by atoms with Crippen molar-refractivity contribution in [3.8, 4) is 5.75 Å². The molecule has 1 N–H and O–H groups in total. The number of carbonyl (C=O) groups excluding carboxylic acids is 2. The van der Waals surface area contributed by atoms with Crippen molar-refractivity contribution in [2.45, 2.75) is 19.0 Å². The van der Waals surface area contributed by atoms with Crippen LogP contribution >= 0.6 is 15.9 Å². The average molecular weight is 532 g/mol. The van der Waals surface area contributed by atoms with Gasteiger partial charge in [0.15, 0.2) is 0 Å². The largest absolute Gasteiger partial charge is 0.497 e. The van der Waals surface area contributed by atoms with Crippen molar-refractivity contribution >= 4 is 38.6 Å². The van der Waals surface area contributed by atoms with E-state index in [1.807, 2.05) is 71.6 Å². The minimum absolute atomic E-state index is 0.0488. The molecule has 7 heteroatoms. The van der Waals surface area contributed by atoms with Crippen molar-refractivity contribution in [3.05, 3.63) is 100 Å². The number of carbonyl (C=O) groups is 2. The molecular weight excluding hydrogens is 506 g/mol. The maximum Gasteiger partial charge on any atom is 0.270 e. The van der Waals surface area contributed by atoms with Gasteiger partial charge in [0.05, 0.1) is 13.2 Å². The third-order valence-electron chi connectivity index (χ3n) is 6.42. The number of hydrogen-bond acceptors (Lipinski definition) is 3. The van der Waals surface area contributed by atoms with Crippen molar-refractivity contribution < 1.29 is 14.3 Å². The molecule has 35 heavy (non-hydrogen) atoms. The van der Waals surface area contributed by atoms with Crippen LogP contribution in [0.2, 0.25) is 0 Å². The Kier molecular flexibility index (Phi) is 6.59. The maximum atomic E-state index is 13.4. The summed E-state index contributed by atoms with van der Waals surface area (Å²) in [6, 6.07) is 25.4. The number of fused-ring (bicyclic) bond motifs is 1. The van der Waals surface area contributed by atoms with Gasteiger partial charge in [-0.2, -0.15) is 0 Å². The van der Waals surface area contributed by atoms with Crippen LogP contribution in [0.15, 0.2) is 83.3 Å². The highest BCUT2D eigenvalue weighted by Gasteiger charge is 2.35. The van der Waals surface area contributed by atoms with E-state index in [9.17, 15) is 9.59 Å². The third-order valence-corrected chi connectivity index (χ3v) is 6.91. The second kappa shape index (κ2) is 9.96. The van der Waals surface area contributed by atoms with Gasteiger partial charge in [0.25, 0.3) is 5.91 Å². The number of hydrogen-bond donors (Lipinski definition) is 1. The Morgan fingerprint density at radius 3 is 2.63 bits per heavy atom. The molecule has 0 spiro atoms. The summed E-state index contributed by atoms with van der Waals surface area (Å²) in [5.74, 6) is 0.533. The van der Waals surface area contributed by atoms with Crippen LogP contribution in [0.4, 0.5) is 0 Å². The first-order valence-electron chi connectivity index (χ1n) is 11.5. The summed E-state index contributed by atoms with van der Waals surface area (Å²) in [5, 5.41) is 0.951. The van der Waals surface area contributed by atoms with E-state index in [1.165, 1.54) is 0 Å². The number of aromatic amines is 1. The van der Waals surface area contributed by atoms with Gasteiger partial charge < -0.3 is 19.5 Å². The molecule has 2 heterocycles. The minimum atomic E-state index is -0.162. The molecule has 0 saturated carbocycles. The molecule has 6 nitrogen and oxygen atoms in total. The number of methoxy groups -OCH3 is 1. The molecule has 0 radical (unpaired) electrons. The fourth-order valence-corrected chi connectivity index (χ4v) is 5.04. The molecule has 1 saturated heterocycles. The summed E-state index contributed by atoms with van der Waals surface area (Å²) < 4.78 is 6.31. The van der Waals surface area contributed by atoms with E-state index < -0.39 is 0 Å². The maximum absolute atomic E-state index is 13.4. The van der Waals surface area contributed by atoms with Crippen LogP contribution in [0.3, 0.4) is 0 Å². The van der Waals surface area contributed by atoms with E-state index in [0.717, 1.165) is 32.3 Å². The number of ether oxygens (including phenoxy) is 1. The number of nitrogens with zero attached hydrogens (tertiary/aromatic N) is 2. The summed E-state index contributed by atoms with van der Waals surface area (Å²) in [4.78, 5) is 33.6. The van der Waals surface area contributed by atoms with Gasteiger partial charge in [-0.15, -0.1) is 0 Å². The lowest BCUT2D eigenvalue weighted by Gasteiger charge is -2.41. The van der Waals surface area contributed by atoms with Gasteiger partial charge in [0.2, 0.25) is 5.91 Å². The molecule has 1 aliphatic heterocycles. The van der Waals surface area contributed by atoms with Crippen molar-refractivity contribution in [3.63, 3.8) is 0 Å². The monoisotopic (exact) mass is 531 g/mol. The molecule has 1 aliphatic rings. The fourth-order valence-electron chi connectivity index (χ4n) is 4.66. The van der Waals surface area contributed by atoms with Gasteiger partial charge in [-0.3, -0.25) is 9.59 Å². The number of halogens is 1. The summed E-state index contributed by atoms with van der Waals surface area (Å²) in [7, 11) is 1.63. The molecule has 1 aromatic heterocycles. The van der Waals surface area contributed by atoms with Gasteiger partial charge in [0, 0.05) is 28.5 Å². The summed E-state index contributed by atoms with van der Waals surface area (Å²) in [5.41, 5.74) is 3.51. The van der Waals surface area contributed by atoms with Gasteiger partial charge in [-0.05, 0) is 53.9 Å². The topological polar surface area (TPSA) is 65.6 Å². The molecule has 1 fully saturated rings. The van der Waals surface area contributed by atoms with E-state index in [0.29, 0.717) is 25.2 Å². The number of amides is 2. The molecule has 5 rings (SSSR count). The Labute approximate surface area is 212 Å². The zero-order valence-electron chi connectivity index (χ0n) is 19.4. The van der Waals surface area contributed by atoms with Crippen LogP contribution < -0.4 is 4.74 Å². The number of benzene rings is 3. The lowest BCUT2D eigenvalue weighted by Crippen LogP contribution is -2.58. The van der Waals surface area contributed by atoms with E-state index in [2.05, 4.69) is 33.0 Å². The lowest BCUT2D eigenvalue weighted by atomic mass is 10.0. The summed E-state index contributed by atoms with van der Waals surface area (Å²) in [6.45, 7) is 0.978. The first-order valence-corrected chi connectivity index (χ1v) is 12.3. The number of rotatable bonds is 6. The third kappa shape index (κ3) is 5.10. The van der Waals surface area contributed by atoms with E-state index in [-0.39, 0.29) is 24.4 Å². The van der Waals surface area contributed by atoms with Crippen molar-refractivity contribution in [2.75, 3.05) is 20.2 Å². The van der Waals surface area contributed by atoms with Crippen molar-refractivity contribution in [1.82, 2.24) is 14.8 Å². The van der Waals surface area contributed by atoms with Crippen LogP contribution in [-0.4, -0.2) is 52.8 Å². The SMILES string of the molecule is COc1cccc(CN2C(=O)CN(C(=O)c3cc4cc(Br)ccc4[nH]3)C[C@@H]2Cc2ccccc2)c1. The standard InChI is InChI=1S/C28H26BrN3O3/c1-35-24-9-5-8-20(13-24)16-32-23(12-19-6-3-2-4-7-19)17-31(18-27(32)33)28(34)26-15-21-14-22(29)10-11-25(21)30-26/h2-11,13-15,23,30H,12,16-18H2,1H3/t23-/m0/s1. The average Bonchev–Trinajstić information content (AvgIpc) is 3.29. The summed E-state index contributed by atoms with van der Waals surface area (Å²) in [6.07, 6.45) is 0.667. The van der Waals surface area contributed by atoms with Crippen molar-refractivity contribution in [2.24, 2.45) is 0 Å². The first kappa shape index (κ1) is 23.2. The van der Waals surface area contributed by atoms with Gasteiger partial charge >= 0.3 is 0 Å². The number of aromatic nitrogens is 1.